The van der Waals surface area contributed by atoms with Crippen LogP contribution in [0.2, 0.25) is 0 Å². The molecule has 10 heteroatoms. The zero-order valence-corrected chi connectivity index (χ0v) is 30.7. The number of hydrogen-bond donors (Lipinski definition) is 3. The Labute approximate surface area is 288 Å². The fourth-order valence-electron chi connectivity index (χ4n) is 7.16. The molecule has 1 aromatic carbocycles. The molecule has 1 aliphatic heterocycles. The first-order valence-electron chi connectivity index (χ1n) is 17.7. The molecule has 2 rings (SSSR count). The lowest BCUT2D eigenvalue weighted by molar-refractivity contribution is -0.145. The third-order valence-corrected chi connectivity index (χ3v) is 10.3. The van der Waals surface area contributed by atoms with Crippen LogP contribution < -0.4 is 5.32 Å². The van der Waals surface area contributed by atoms with Crippen LogP contribution >= 0.6 is 0 Å². The number of nitrogens with one attached hydrogen (secondary N) is 1. The molecule has 48 heavy (non-hydrogen) atoms. The van der Waals surface area contributed by atoms with Crippen molar-refractivity contribution in [3.05, 3.63) is 35.9 Å². The molecule has 272 valence electrons. The van der Waals surface area contributed by atoms with Gasteiger partial charge in [-0.15, -0.1) is 0 Å². The summed E-state index contributed by atoms with van der Waals surface area (Å²) >= 11 is 0. The molecule has 0 aliphatic carbocycles. The van der Waals surface area contributed by atoms with Gasteiger partial charge in [-0.1, -0.05) is 78.3 Å². The number of amides is 1. The van der Waals surface area contributed by atoms with E-state index in [4.69, 9.17) is 9.47 Å². The lowest BCUT2D eigenvalue weighted by atomic mass is 9.83. The number of aliphatic hydroxyl groups is 2. The summed E-state index contributed by atoms with van der Waals surface area (Å²) in [6, 6.07) is 8.73. The number of ketones is 3. The van der Waals surface area contributed by atoms with Gasteiger partial charge >= 0.3 is 0 Å². The molecule has 1 aromatic rings. The number of hydrogen-bond acceptors (Lipinski definition) is 9. The van der Waals surface area contributed by atoms with Crippen LogP contribution in [0.25, 0.3) is 0 Å². The lowest BCUT2D eigenvalue weighted by Crippen LogP contribution is -2.52. The Bertz CT molecular complexity index is 1160. The van der Waals surface area contributed by atoms with E-state index < -0.39 is 42.3 Å². The van der Waals surface area contributed by atoms with E-state index in [1.165, 1.54) is 7.11 Å². The van der Waals surface area contributed by atoms with Gasteiger partial charge in [0.1, 0.15) is 11.9 Å². The van der Waals surface area contributed by atoms with Gasteiger partial charge in [-0.3, -0.25) is 19.2 Å². The highest BCUT2D eigenvalue weighted by Gasteiger charge is 2.47. The molecule has 1 heterocycles. The van der Waals surface area contributed by atoms with Gasteiger partial charge < -0.3 is 29.9 Å². The molecule has 0 radical (unpaired) electrons. The number of aryl methyl sites for hydroxylation is 1. The maximum Gasteiger partial charge on any atom is 0.226 e. The number of carbonyl (C=O) groups excluding carboxylic acids is 4. The predicted octanol–water partition coefficient (Wildman–Crippen LogP) is 4.03. The highest BCUT2D eigenvalue weighted by Crippen LogP contribution is 2.34. The van der Waals surface area contributed by atoms with Gasteiger partial charge in [0.2, 0.25) is 5.91 Å². The van der Waals surface area contributed by atoms with Crippen LogP contribution in [0, 0.1) is 29.6 Å². The summed E-state index contributed by atoms with van der Waals surface area (Å²) in [4.78, 5) is 55.0. The molecule has 3 N–H and O–H groups in total. The van der Waals surface area contributed by atoms with Crippen molar-refractivity contribution in [3.8, 4) is 0 Å². The first-order valence-corrected chi connectivity index (χ1v) is 17.7. The Balaban J connectivity index is 2.08. The SMILES string of the molecule is CC[C@H](C)C([C@H](O)CC(=O)CCC1O[C@@H](C(=O)CCc2ccccc2)[C@@H](OC)[C@@H]1CO)N(C)C(=O)[C@@H](CC(=O)[C@@H](NC)C(C)C)C(C)C. The largest absolute Gasteiger partial charge is 0.396 e. The molecule has 10 nitrogen and oxygen atoms in total. The third-order valence-electron chi connectivity index (χ3n) is 10.3. The maximum atomic E-state index is 13.9. The Morgan fingerprint density at radius 3 is 2.17 bits per heavy atom. The normalized spacial score (nSPS) is 22.7. The monoisotopic (exact) mass is 674 g/mol. The predicted molar refractivity (Wildman–Crippen MR) is 186 cm³/mol. The van der Waals surface area contributed by atoms with Gasteiger partial charge in [0.15, 0.2) is 11.6 Å². The Kier molecular flexibility index (Phi) is 17.6. The number of Topliss-reactive ketones (excluding diaryl/α,β-unsaturated/α-hetero) is 3. The minimum absolute atomic E-state index is 0.0186. The number of aliphatic hydroxyl groups excluding tert-OH is 2. The van der Waals surface area contributed by atoms with Gasteiger partial charge in [0.25, 0.3) is 0 Å². The number of carbonyl (C=O) groups is 4. The second kappa shape index (κ2) is 20.2. The van der Waals surface area contributed by atoms with Crippen LogP contribution in [-0.2, 0) is 35.1 Å². The number of benzene rings is 1. The molecule has 0 aromatic heterocycles. The highest BCUT2D eigenvalue weighted by atomic mass is 16.6. The quantitative estimate of drug-likeness (QED) is 0.166. The summed E-state index contributed by atoms with van der Waals surface area (Å²) in [6.45, 7) is 11.5. The van der Waals surface area contributed by atoms with E-state index >= 15 is 0 Å². The van der Waals surface area contributed by atoms with E-state index in [1.807, 2.05) is 71.9 Å². The van der Waals surface area contributed by atoms with Gasteiger partial charge in [0.05, 0.1) is 37.0 Å². The standard InChI is InChI=1S/C38H62N2O8/c1-10-25(6)35(40(8)38(46)28(23(2)3)21-31(44)34(39-7)24(4)5)32(45)20-27(42)17-19-33-29(22-41)36(47-9)37(48-33)30(43)18-16-26-14-12-11-13-15-26/h11-15,23-25,28-29,32-37,39,41,45H,10,16-22H2,1-9H3/t25-,28-,29+,32+,33?,34-,35?,36-,37-/m0/s1. The number of nitrogens with zero attached hydrogens (tertiary/aromatic N) is 1. The van der Waals surface area contributed by atoms with Crippen molar-refractivity contribution in [1.82, 2.24) is 10.2 Å². The van der Waals surface area contributed by atoms with Crippen molar-refractivity contribution in [1.29, 1.82) is 0 Å². The molecular weight excluding hydrogens is 612 g/mol. The average molecular weight is 675 g/mol. The minimum Gasteiger partial charge on any atom is -0.396 e. The number of rotatable bonds is 22. The van der Waals surface area contributed by atoms with E-state index in [0.717, 1.165) is 5.56 Å². The molecule has 0 bridgehead atoms. The van der Waals surface area contributed by atoms with Crippen molar-refractivity contribution in [2.75, 3.05) is 27.8 Å². The van der Waals surface area contributed by atoms with E-state index in [0.29, 0.717) is 12.8 Å². The fourth-order valence-corrected chi connectivity index (χ4v) is 7.16. The van der Waals surface area contributed by atoms with E-state index in [2.05, 4.69) is 5.32 Å². The third kappa shape index (κ3) is 11.3. The summed E-state index contributed by atoms with van der Waals surface area (Å²) in [6.07, 6.45) is -1.32. The van der Waals surface area contributed by atoms with Gasteiger partial charge in [-0.05, 0) is 43.2 Å². The molecule has 0 spiro atoms. The molecule has 1 aliphatic rings. The highest BCUT2D eigenvalue weighted by molar-refractivity contribution is 5.90. The number of methoxy groups -OCH3 is 1. The van der Waals surface area contributed by atoms with Crippen LogP contribution in [0.3, 0.4) is 0 Å². The van der Waals surface area contributed by atoms with Crippen LogP contribution in [0.15, 0.2) is 30.3 Å². The Morgan fingerprint density at radius 2 is 1.65 bits per heavy atom. The first-order chi connectivity index (χ1) is 22.7. The zero-order valence-electron chi connectivity index (χ0n) is 30.7. The second-order valence-electron chi connectivity index (χ2n) is 14.3. The number of ether oxygens (including phenoxy) is 2. The topological polar surface area (TPSA) is 142 Å². The van der Waals surface area contributed by atoms with Crippen LogP contribution in [-0.4, -0.2) is 103 Å². The Morgan fingerprint density at radius 1 is 1.00 bits per heavy atom. The first kappa shape index (κ1) is 41.7. The lowest BCUT2D eigenvalue weighted by Gasteiger charge is -2.38. The van der Waals surface area contributed by atoms with Crippen LogP contribution in [0.4, 0.5) is 0 Å². The summed E-state index contributed by atoms with van der Waals surface area (Å²) < 4.78 is 11.8. The van der Waals surface area contributed by atoms with Crippen molar-refractivity contribution in [2.24, 2.45) is 29.6 Å². The molecule has 1 amide bonds. The van der Waals surface area contributed by atoms with Gasteiger partial charge in [-0.25, -0.2) is 0 Å². The van der Waals surface area contributed by atoms with E-state index in [1.54, 1.807) is 19.0 Å². The zero-order chi connectivity index (χ0) is 36.1. The van der Waals surface area contributed by atoms with Crippen molar-refractivity contribution in [3.63, 3.8) is 0 Å². The van der Waals surface area contributed by atoms with Crippen LogP contribution in [0.5, 0.6) is 0 Å². The Hall–Kier alpha value is -2.50. The summed E-state index contributed by atoms with van der Waals surface area (Å²) in [5.74, 6) is -1.69. The summed E-state index contributed by atoms with van der Waals surface area (Å²) in [5.41, 5.74) is 1.04. The second-order valence-corrected chi connectivity index (χ2v) is 14.3. The smallest absolute Gasteiger partial charge is 0.226 e. The van der Waals surface area contributed by atoms with Crippen LogP contribution in [0.1, 0.15) is 85.6 Å². The van der Waals surface area contributed by atoms with E-state index in [-0.39, 0.29) is 85.8 Å². The summed E-state index contributed by atoms with van der Waals surface area (Å²) in [5, 5.41) is 24.7. The number of likely N-dealkylation sites (N-methyl/N-ethyl adjacent to an activating group) is 2. The van der Waals surface area contributed by atoms with Crippen molar-refractivity contribution >= 4 is 23.3 Å². The van der Waals surface area contributed by atoms with Crippen molar-refractivity contribution < 1.29 is 38.9 Å². The summed E-state index contributed by atoms with van der Waals surface area (Å²) in [7, 11) is 4.90. The molecule has 0 saturated carbocycles. The molecule has 2 unspecified atom stereocenters. The van der Waals surface area contributed by atoms with Gasteiger partial charge in [0, 0.05) is 51.7 Å². The molecule has 9 atom stereocenters. The fraction of sp³-hybridized carbons (Fsp3) is 0.737. The average Bonchev–Trinajstić information content (AvgIpc) is 3.42. The molecular formula is C38H62N2O8. The molecule has 1 saturated heterocycles. The maximum absolute atomic E-state index is 13.9. The van der Waals surface area contributed by atoms with Gasteiger partial charge in [-0.2, -0.15) is 0 Å². The molecule has 1 fully saturated rings. The van der Waals surface area contributed by atoms with E-state index in [9.17, 15) is 29.4 Å². The minimum atomic E-state index is -1.11. The van der Waals surface area contributed by atoms with Crippen molar-refractivity contribution in [2.45, 2.75) is 123 Å².